The Morgan fingerprint density at radius 1 is 0.900 bits per heavy atom. The highest BCUT2D eigenvalue weighted by molar-refractivity contribution is 6.30. The van der Waals surface area contributed by atoms with Crippen molar-refractivity contribution in [1.82, 2.24) is 5.32 Å². The zero-order valence-electron chi connectivity index (χ0n) is 11.0. The summed E-state index contributed by atoms with van der Waals surface area (Å²) in [5.74, 6) is 2.43. The molecule has 1 aliphatic rings. The molecule has 1 atom stereocenters. The van der Waals surface area contributed by atoms with Gasteiger partial charge >= 0.3 is 0 Å². The lowest BCUT2D eigenvalue weighted by atomic mass is 10.3. The van der Waals surface area contributed by atoms with Crippen molar-refractivity contribution in [3.63, 3.8) is 0 Å². The predicted molar refractivity (Wildman–Crippen MR) is 79.9 cm³/mol. The molecule has 2 aromatic rings. The second-order valence-corrected chi connectivity index (χ2v) is 5.20. The maximum Gasteiger partial charge on any atom is 0.127 e. The summed E-state index contributed by atoms with van der Waals surface area (Å²) in [6.45, 7) is 1.95. The van der Waals surface area contributed by atoms with E-state index in [9.17, 15) is 0 Å². The van der Waals surface area contributed by atoms with Gasteiger partial charge in [-0.2, -0.15) is 0 Å². The first-order chi connectivity index (χ1) is 9.79. The van der Waals surface area contributed by atoms with Crippen molar-refractivity contribution in [1.29, 1.82) is 0 Å². The van der Waals surface area contributed by atoms with E-state index in [0.29, 0.717) is 5.02 Å². The third-order valence-electron chi connectivity index (χ3n) is 3.19. The molecule has 20 heavy (non-hydrogen) atoms. The van der Waals surface area contributed by atoms with Crippen LogP contribution < -0.4 is 14.8 Å². The second-order valence-electron chi connectivity index (χ2n) is 4.76. The fourth-order valence-electron chi connectivity index (χ4n) is 2.15. The van der Waals surface area contributed by atoms with Crippen molar-refractivity contribution in [3.05, 3.63) is 53.6 Å². The van der Waals surface area contributed by atoms with Crippen molar-refractivity contribution >= 4 is 11.6 Å². The molecule has 0 bridgehead atoms. The van der Waals surface area contributed by atoms with E-state index in [2.05, 4.69) is 5.32 Å². The molecule has 0 aliphatic carbocycles. The van der Waals surface area contributed by atoms with Crippen molar-refractivity contribution in [2.75, 3.05) is 13.1 Å². The van der Waals surface area contributed by atoms with Crippen molar-refractivity contribution in [2.45, 2.75) is 12.5 Å². The third-order valence-corrected chi connectivity index (χ3v) is 3.44. The molecule has 1 saturated heterocycles. The molecule has 1 unspecified atom stereocenters. The molecule has 0 spiro atoms. The summed E-state index contributed by atoms with van der Waals surface area (Å²) in [7, 11) is 0. The van der Waals surface area contributed by atoms with Crippen LogP contribution in [0.15, 0.2) is 48.5 Å². The molecule has 3 nitrogen and oxygen atoms in total. The van der Waals surface area contributed by atoms with Crippen LogP contribution in [0.5, 0.6) is 17.2 Å². The van der Waals surface area contributed by atoms with Crippen LogP contribution in [-0.4, -0.2) is 19.2 Å². The fourth-order valence-corrected chi connectivity index (χ4v) is 2.27. The fraction of sp³-hybridized carbons (Fsp3) is 0.250. The monoisotopic (exact) mass is 289 g/mol. The number of nitrogens with one attached hydrogen (secondary N) is 1. The normalized spacial score (nSPS) is 17.9. The van der Waals surface area contributed by atoms with Crippen LogP contribution in [0.1, 0.15) is 6.42 Å². The van der Waals surface area contributed by atoms with E-state index in [1.54, 1.807) is 0 Å². The maximum absolute atomic E-state index is 5.86. The highest BCUT2D eigenvalue weighted by atomic mass is 35.5. The van der Waals surface area contributed by atoms with E-state index in [-0.39, 0.29) is 6.10 Å². The first kappa shape index (κ1) is 13.3. The summed E-state index contributed by atoms with van der Waals surface area (Å²) in [4.78, 5) is 0. The van der Waals surface area contributed by atoms with Crippen LogP contribution in [0, 0.1) is 0 Å². The first-order valence-corrected chi connectivity index (χ1v) is 7.08. The molecule has 4 heteroatoms. The molecule has 1 aliphatic heterocycles. The largest absolute Gasteiger partial charge is 0.489 e. The van der Waals surface area contributed by atoms with E-state index < -0.39 is 0 Å². The van der Waals surface area contributed by atoms with Gasteiger partial charge in [-0.05, 0) is 61.5 Å². The number of benzene rings is 2. The summed E-state index contributed by atoms with van der Waals surface area (Å²) < 4.78 is 11.6. The summed E-state index contributed by atoms with van der Waals surface area (Å²) in [6, 6.07) is 15.0. The van der Waals surface area contributed by atoms with Gasteiger partial charge in [0.05, 0.1) is 0 Å². The molecule has 3 rings (SSSR count). The minimum Gasteiger partial charge on any atom is -0.489 e. The van der Waals surface area contributed by atoms with Crippen LogP contribution in [0.25, 0.3) is 0 Å². The van der Waals surface area contributed by atoms with Gasteiger partial charge in [0, 0.05) is 11.6 Å². The Labute approximate surface area is 123 Å². The third kappa shape index (κ3) is 3.44. The van der Waals surface area contributed by atoms with E-state index in [1.165, 1.54) is 0 Å². The molecule has 2 aromatic carbocycles. The molecule has 0 amide bonds. The zero-order chi connectivity index (χ0) is 13.8. The molecule has 104 valence electrons. The number of rotatable bonds is 4. The van der Waals surface area contributed by atoms with Gasteiger partial charge < -0.3 is 14.8 Å². The van der Waals surface area contributed by atoms with Crippen LogP contribution in [0.4, 0.5) is 0 Å². The molecule has 1 fully saturated rings. The van der Waals surface area contributed by atoms with Crippen molar-refractivity contribution in [3.8, 4) is 17.2 Å². The SMILES string of the molecule is Clc1ccc(Oc2ccc(OC3CCNC3)cc2)cc1. The predicted octanol–water partition coefficient (Wildman–Crippen LogP) is 3.87. The van der Waals surface area contributed by atoms with Crippen molar-refractivity contribution in [2.24, 2.45) is 0 Å². The number of halogens is 1. The Morgan fingerprint density at radius 2 is 1.50 bits per heavy atom. The molecule has 1 N–H and O–H groups in total. The molecule has 0 radical (unpaired) electrons. The topological polar surface area (TPSA) is 30.5 Å². The minimum atomic E-state index is 0.276. The number of ether oxygens (including phenoxy) is 2. The lowest BCUT2D eigenvalue weighted by molar-refractivity contribution is 0.223. The lowest BCUT2D eigenvalue weighted by Crippen LogP contribution is -2.19. The number of hydrogen-bond donors (Lipinski definition) is 1. The van der Waals surface area contributed by atoms with Gasteiger partial charge in [-0.25, -0.2) is 0 Å². The van der Waals surface area contributed by atoms with Gasteiger partial charge in [-0.3, -0.25) is 0 Å². The van der Waals surface area contributed by atoms with Crippen LogP contribution in [0.2, 0.25) is 5.02 Å². The summed E-state index contributed by atoms with van der Waals surface area (Å²) in [5.41, 5.74) is 0. The van der Waals surface area contributed by atoms with E-state index in [0.717, 1.165) is 36.8 Å². The van der Waals surface area contributed by atoms with Crippen LogP contribution in [-0.2, 0) is 0 Å². The second kappa shape index (κ2) is 6.16. The zero-order valence-corrected chi connectivity index (χ0v) is 11.8. The lowest BCUT2D eigenvalue weighted by Gasteiger charge is -2.13. The average molecular weight is 290 g/mol. The highest BCUT2D eigenvalue weighted by Crippen LogP contribution is 2.25. The van der Waals surface area contributed by atoms with Gasteiger partial charge in [-0.1, -0.05) is 11.6 Å². The summed E-state index contributed by atoms with van der Waals surface area (Å²) in [5, 5.41) is 3.98. The van der Waals surface area contributed by atoms with E-state index in [4.69, 9.17) is 21.1 Å². The number of hydrogen-bond acceptors (Lipinski definition) is 3. The van der Waals surface area contributed by atoms with E-state index in [1.807, 2.05) is 48.5 Å². The van der Waals surface area contributed by atoms with Gasteiger partial charge in [0.2, 0.25) is 0 Å². The summed E-state index contributed by atoms with van der Waals surface area (Å²) in [6.07, 6.45) is 1.33. The molecular formula is C16H16ClNO2. The van der Waals surface area contributed by atoms with Gasteiger partial charge in [-0.15, -0.1) is 0 Å². The van der Waals surface area contributed by atoms with Crippen molar-refractivity contribution < 1.29 is 9.47 Å². The quantitative estimate of drug-likeness (QED) is 0.927. The van der Waals surface area contributed by atoms with Gasteiger partial charge in [0.15, 0.2) is 0 Å². The highest BCUT2D eigenvalue weighted by Gasteiger charge is 2.15. The van der Waals surface area contributed by atoms with Crippen LogP contribution >= 0.6 is 11.6 Å². The maximum atomic E-state index is 5.86. The molecular weight excluding hydrogens is 274 g/mol. The first-order valence-electron chi connectivity index (χ1n) is 6.70. The summed E-state index contributed by atoms with van der Waals surface area (Å²) >= 11 is 5.84. The molecule has 0 aromatic heterocycles. The molecule has 0 saturated carbocycles. The van der Waals surface area contributed by atoms with Crippen LogP contribution in [0.3, 0.4) is 0 Å². The molecule has 1 heterocycles. The standard InChI is InChI=1S/C16H16ClNO2/c17-12-1-3-13(4-2-12)19-14-5-7-15(8-6-14)20-16-9-10-18-11-16/h1-8,16,18H,9-11H2. The Morgan fingerprint density at radius 3 is 2.10 bits per heavy atom. The Balaban J connectivity index is 1.62. The smallest absolute Gasteiger partial charge is 0.127 e. The van der Waals surface area contributed by atoms with Gasteiger partial charge in [0.25, 0.3) is 0 Å². The van der Waals surface area contributed by atoms with E-state index >= 15 is 0 Å². The Kier molecular flexibility index (Phi) is 4.09. The van der Waals surface area contributed by atoms with Gasteiger partial charge in [0.1, 0.15) is 23.4 Å². The minimum absolute atomic E-state index is 0.276. The average Bonchev–Trinajstić information content (AvgIpc) is 2.96. The Bertz CT molecular complexity index is 548. The Hall–Kier alpha value is -1.71.